The van der Waals surface area contributed by atoms with Crippen LogP contribution in [0.1, 0.15) is 10.5 Å². The van der Waals surface area contributed by atoms with Gasteiger partial charge in [-0.2, -0.15) is 0 Å². The van der Waals surface area contributed by atoms with E-state index in [1.165, 1.54) is 10.7 Å². The van der Waals surface area contributed by atoms with Gasteiger partial charge in [-0.3, -0.25) is 0 Å². The molecule has 2 rings (SSSR count). The van der Waals surface area contributed by atoms with E-state index in [9.17, 15) is 4.79 Å². The van der Waals surface area contributed by atoms with Crippen LogP contribution in [0.3, 0.4) is 0 Å². The Balaban J connectivity index is 2.72. The highest BCUT2D eigenvalue weighted by molar-refractivity contribution is 5.87. The van der Waals surface area contributed by atoms with Crippen LogP contribution in [0, 0.1) is 0 Å². The van der Waals surface area contributed by atoms with Gasteiger partial charge in [0.25, 0.3) is 0 Å². The summed E-state index contributed by atoms with van der Waals surface area (Å²) in [5.74, 6) is -1.05. The van der Waals surface area contributed by atoms with E-state index in [4.69, 9.17) is 5.11 Å². The topological polar surface area (TPSA) is 80.9 Å². The van der Waals surface area contributed by atoms with E-state index in [1.807, 2.05) is 0 Å². The molecule has 0 bridgehead atoms. The molecule has 0 aliphatic rings. The molecule has 6 heteroatoms. The Morgan fingerprint density at radius 1 is 1.54 bits per heavy atom. The number of rotatable bonds is 1. The van der Waals surface area contributed by atoms with Crippen molar-refractivity contribution in [1.29, 1.82) is 0 Å². The molecule has 0 aliphatic heterocycles. The molecule has 13 heavy (non-hydrogen) atoms. The Morgan fingerprint density at radius 3 is 3.00 bits per heavy atom. The van der Waals surface area contributed by atoms with Gasteiger partial charge in [0.1, 0.15) is 5.52 Å². The van der Waals surface area contributed by atoms with Crippen LogP contribution in [0.15, 0.2) is 12.1 Å². The summed E-state index contributed by atoms with van der Waals surface area (Å²) in [6.07, 6.45) is 0. The molecule has 2 aromatic rings. The number of carbonyl (C=O) groups is 1. The predicted octanol–water partition coefficient (Wildman–Crippen LogP) is 0.0615. The molecule has 0 spiro atoms. The number of aromatic carboxylic acids is 1. The van der Waals surface area contributed by atoms with Crippen molar-refractivity contribution in [3.63, 3.8) is 0 Å². The number of carboxylic acids is 1. The van der Waals surface area contributed by atoms with Gasteiger partial charge in [0, 0.05) is 7.05 Å². The molecule has 0 fully saturated rings. The fourth-order valence-electron chi connectivity index (χ4n) is 1.03. The van der Waals surface area contributed by atoms with Crippen LogP contribution in [-0.4, -0.2) is 31.1 Å². The third kappa shape index (κ3) is 1.12. The number of aromatic nitrogens is 4. The van der Waals surface area contributed by atoms with Gasteiger partial charge in [-0.1, -0.05) is 5.21 Å². The average molecular weight is 178 g/mol. The fraction of sp³-hybridized carbons (Fsp3) is 0.143. The van der Waals surface area contributed by atoms with Gasteiger partial charge in [0.15, 0.2) is 11.3 Å². The summed E-state index contributed by atoms with van der Waals surface area (Å²) >= 11 is 0. The molecule has 0 aliphatic carbocycles. The highest BCUT2D eigenvalue weighted by Gasteiger charge is 2.08. The smallest absolute Gasteiger partial charge is 0.354 e. The molecule has 0 radical (unpaired) electrons. The van der Waals surface area contributed by atoms with Crippen molar-refractivity contribution in [2.24, 2.45) is 7.05 Å². The lowest BCUT2D eigenvalue weighted by molar-refractivity contribution is 0.0691. The third-order valence-electron chi connectivity index (χ3n) is 1.67. The standard InChI is InChI=1S/C7H6N4O2/c1-11-6-4(9-10-11)2-3-5(8-6)7(12)13/h2-3H,1H3,(H,12,13). The van der Waals surface area contributed by atoms with Crippen LogP contribution in [0.4, 0.5) is 0 Å². The van der Waals surface area contributed by atoms with Crippen molar-refractivity contribution < 1.29 is 9.90 Å². The van der Waals surface area contributed by atoms with Gasteiger partial charge < -0.3 is 5.11 Å². The molecule has 6 nitrogen and oxygen atoms in total. The van der Waals surface area contributed by atoms with Crippen molar-refractivity contribution in [3.05, 3.63) is 17.8 Å². The SMILES string of the molecule is Cn1nnc2ccc(C(=O)O)nc21. The van der Waals surface area contributed by atoms with Crippen LogP contribution in [0.2, 0.25) is 0 Å². The maximum atomic E-state index is 10.6. The Hall–Kier alpha value is -1.98. The molecule has 1 N–H and O–H groups in total. The van der Waals surface area contributed by atoms with E-state index in [1.54, 1.807) is 13.1 Å². The van der Waals surface area contributed by atoms with Gasteiger partial charge in [-0.25, -0.2) is 14.5 Å². The number of carboxylic acid groups (broad SMARTS) is 1. The molecular formula is C7H6N4O2. The zero-order valence-corrected chi connectivity index (χ0v) is 6.80. The minimum atomic E-state index is -1.05. The first-order valence-electron chi connectivity index (χ1n) is 3.58. The molecule has 0 amide bonds. The molecule has 0 aromatic carbocycles. The largest absolute Gasteiger partial charge is 0.477 e. The van der Waals surface area contributed by atoms with Crippen molar-refractivity contribution in [2.75, 3.05) is 0 Å². The molecule has 2 aromatic heterocycles. The summed E-state index contributed by atoms with van der Waals surface area (Å²) in [6.45, 7) is 0. The molecule has 0 unspecified atom stereocenters. The second kappa shape index (κ2) is 2.51. The van der Waals surface area contributed by atoms with E-state index in [0.717, 1.165) is 0 Å². The highest BCUT2D eigenvalue weighted by Crippen LogP contribution is 2.07. The number of hydrogen-bond donors (Lipinski definition) is 1. The lowest BCUT2D eigenvalue weighted by atomic mass is 10.3. The third-order valence-corrected chi connectivity index (χ3v) is 1.67. The number of aryl methyl sites for hydroxylation is 1. The fourth-order valence-corrected chi connectivity index (χ4v) is 1.03. The van der Waals surface area contributed by atoms with E-state index >= 15 is 0 Å². The number of nitrogens with zero attached hydrogens (tertiary/aromatic N) is 4. The first kappa shape index (κ1) is 7.66. The zero-order valence-electron chi connectivity index (χ0n) is 6.80. The average Bonchev–Trinajstić information content (AvgIpc) is 2.47. The molecular weight excluding hydrogens is 172 g/mol. The summed E-state index contributed by atoms with van der Waals surface area (Å²) in [4.78, 5) is 14.4. The maximum absolute atomic E-state index is 10.6. The second-order valence-electron chi connectivity index (χ2n) is 2.56. The normalized spacial score (nSPS) is 10.5. The maximum Gasteiger partial charge on any atom is 0.354 e. The van der Waals surface area contributed by atoms with Crippen LogP contribution >= 0.6 is 0 Å². The quantitative estimate of drug-likeness (QED) is 0.667. The van der Waals surface area contributed by atoms with Crippen molar-refractivity contribution in [2.45, 2.75) is 0 Å². The Kier molecular flexibility index (Phi) is 1.48. The van der Waals surface area contributed by atoms with E-state index in [0.29, 0.717) is 11.2 Å². The summed E-state index contributed by atoms with van der Waals surface area (Å²) < 4.78 is 1.43. The minimum absolute atomic E-state index is 0.00194. The van der Waals surface area contributed by atoms with Crippen LogP contribution < -0.4 is 0 Å². The Morgan fingerprint density at radius 2 is 2.31 bits per heavy atom. The summed E-state index contributed by atoms with van der Waals surface area (Å²) in [6, 6.07) is 2.98. The summed E-state index contributed by atoms with van der Waals surface area (Å²) in [5, 5.41) is 16.1. The molecule has 0 saturated heterocycles. The summed E-state index contributed by atoms with van der Waals surface area (Å²) in [5.41, 5.74) is 1.06. The van der Waals surface area contributed by atoms with Gasteiger partial charge in [0.2, 0.25) is 0 Å². The van der Waals surface area contributed by atoms with Crippen LogP contribution in [0.25, 0.3) is 11.2 Å². The van der Waals surface area contributed by atoms with Crippen LogP contribution in [0.5, 0.6) is 0 Å². The zero-order chi connectivity index (χ0) is 9.42. The first-order valence-corrected chi connectivity index (χ1v) is 3.58. The molecule has 0 saturated carbocycles. The van der Waals surface area contributed by atoms with Crippen molar-refractivity contribution >= 4 is 17.1 Å². The second-order valence-corrected chi connectivity index (χ2v) is 2.56. The Labute approximate surface area is 72.8 Å². The molecule has 0 atom stereocenters. The molecule has 2 heterocycles. The lowest BCUT2D eigenvalue weighted by Gasteiger charge is -1.93. The number of hydrogen-bond acceptors (Lipinski definition) is 4. The van der Waals surface area contributed by atoms with Gasteiger partial charge in [-0.05, 0) is 12.1 Å². The van der Waals surface area contributed by atoms with E-state index < -0.39 is 5.97 Å². The number of pyridine rings is 1. The Bertz CT molecular complexity index is 476. The van der Waals surface area contributed by atoms with Crippen LogP contribution in [-0.2, 0) is 7.05 Å². The number of fused-ring (bicyclic) bond motifs is 1. The predicted molar refractivity (Wildman–Crippen MR) is 43.3 cm³/mol. The monoisotopic (exact) mass is 178 g/mol. The van der Waals surface area contributed by atoms with Gasteiger partial charge in [-0.15, -0.1) is 5.10 Å². The highest BCUT2D eigenvalue weighted by atomic mass is 16.4. The minimum Gasteiger partial charge on any atom is -0.477 e. The van der Waals surface area contributed by atoms with E-state index in [2.05, 4.69) is 15.3 Å². The molecule has 66 valence electrons. The van der Waals surface area contributed by atoms with Gasteiger partial charge >= 0.3 is 5.97 Å². The lowest BCUT2D eigenvalue weighted by Crippen LogP contribution is -2.01. The summed E-state index contributed by atoms with van der Waals surface area (Å²) in [7, 11) is 1.66. The van der Waals surface area contributed by atoms with E-state index in [-0.39, 0.29) is 5.69 Å². The first-order chi connectivity index (χ1) is 6.18. The van der Waals surface area contributed by atoms with Gasteiger partial charge in [0.05, 0.1) is 0 Å². The van der Waals surface area contributed by atoms with Crippen molar-refractivity contribution in [1.82, 2.24) is 20.0 Å². The van der Waals surface area contributed by atoms with Crippen molar-refractivity contribution in [3.8, 4) is 0 Å².